The van der Waals surface area contributed by atoms with Gasteiger partial charge in [0.2, 0.25) is 6.29 Å². The van der Waals surface area contributed by atoms with E-state index in [2.05, 4.69) is 4.98 Å². The predicted octanol–water partition coefficient (Wildman–Crippen LogP) is 1.68. The third kappa shape index (κ3) is 4.33. The largest absolute Gasteiger partial charge is 0.346 e. The summed E-state index contributed by atoms with van der Waals surface area (Å²) in [7, 11) is 0. The van der Waals surface area contributed by atoms with Crippen LogP contribution in [-0.4, -0.2) is 36.1 Å². The first-order chi connectivity index (χ1) is 8.19. The Morgan fingerprint density at radius 1 is 1.35 bits per heavy atom. The van der Waals surface area contributed by atoms with Crippen LogP contribution in [0.5, 0.6) is 0 Å². The molecule has 6 heteroatoms. The summed E-state index contributed by atoms with van der Waals surface area (Å²) in [5.74, 6) is -0.664. The lowest BCUT2D eigenvalue weighted by Gasteiger charge is -2.14. The summed E-state index contributed by atoms with van der Waals surface area (Å²) in [4.78, 5) is 27.2. The van der Waals surface area contributed by atoms with Crippen LogP contribution in [-0.2, 0) is 14.3 Å². The first kappa shape index (κ1) is 14.0. The summed E-state index contributed by atoms with van der Waals surface area (Å²) >= 11 is 1.22. The predicted molar refractivity (Wildman–Crippen MR) is 63.1 cm³/mol. The third-order valence-electron chi connectivity index (χ3n) is 1.90. The molecule has 0 radical (unpaired) electrons. The van der Waals surface area contributed by atoms with Crippen molar-refractivity contribution in [2.75, 3.05) is 13.2 Å². The molecule has 1 aromatic heterocycles. The Kier molecular flexibility index (Phi) is 5.96. The number of carbonyl (C=O) groups excluding carboxylic acids is 2. The number of aromatic nitrogens is 1. The fourth-order valence-electron chi connectivity index (χ4n) is 1.22. The number of carbonyl (C=O) groups is 2. The number of Topliss-reactive ketones (excluding diaryl/α,β-unsaturated/α-hetero) is 2. The number of thiazole rings is 1. The fraction of sp³-hybridized carbons (Fsp3) is 0.545. The maximum Gasteiger partial charge on any atom is 0.218 e. The van der Waals surface area contributed by atoms with E-state index in [-0.39, 0.29) is 18.0 Å². The fourth-order valence-corrected chi connectivity index (χ4v) is 1.79. The van der Waals surface area contributed by atoms with Crippen LogP contribution in [0.1, 0.15) is 30.1 Å². The highest BCUT2D eigenvalue weighted by atomic mass is 32.1. The summed E-state index contributed by atoms with van der Waals surface area (Å²) in [5.41, 5.74) is 0. The molecular formula is C11H15NO4S. The highest BCUT2D eigenvalue weighted by Gasteiger charge is 2.23. The van der Waals surface area contributed by atoms with Gasteiger partial charge >= 0.3 is 0 Å². The van der Waals surface area contributed by atoms with E-state index in [4.69, 9.17) is 9.47 Å². The van der Waals surface area contributed by atoms with Gasteiger partial charge in [-0.25, -0.2) is 4.98 Å². The average Bonchev–Trinajstić information content (AvgIpc) is 2.82. The van der Waals surface area contributed by atoms with Gasteiger partial charge in [0.15, 0.2) is 16.6 Å². The quantitative estimate of drug-likeness (QED) is 0.403. The van der Waals surface area contributed by atoms with Crippen LogP contribution < -0.4 is 0 Å². The molecule has 0 amide bonds. The van der Waals surface area contributed by atoms with E-state index in [9.17, 15) is 9.59 Å². The van der Waals surface area contributed by atoms with E-state index in [1.54, 1.807) is 19.2 Å². The SMILES string of the molecule is CCOC(OCC)C(=O)CC(=O)c1nccs1. The molecule has 0 saturated heterocycles. The molecule has 94 valence electrons. The van der Waals surface area contributed by atoms with Gasteiger partial charge in [-0.1, -0.05) is 0 Å². The van der Waals surface area contributed by atoms with Gasteiger partial charge in [-0.05, 0) is 13.8 Å². The molecule has 0 bridgehead atoms. The lowest BCUT2D eigenvalue weighted by atomic mass is 10.2. The van der Waals surface area contributed by atoms with E-state index < -0.39 is 6.29 Å². The molecule has 0 spiro atoms. The van der Waals surface area contributed by atoms with E-state index in [0.717, 1.165) is 0 Å². The standard InChI is InChI=1S/C11H15NO4S/c1-3-15-11(16-4-2)9(14)7-8(13)10-12-5-6-17-10/h5-6,11H,3-4,7H2,1-2H3. The van der Waals surface area contributed by atoms with Gasteiger partial charge in [-0.2, -0.15) is 0 Å². The van der Waals surface area contributed by atoms with E-state index >= 15 is 0 Å². The average molecular weight is 257 g/mol. The van der Waals surface area contributed by atoms with E-state index in [1.165, 1.54) is 17.5 Å². The highest BCUT2D eigenvalue weighted by Crippen LogP contribution is 2.10. The molecule has 0 aliphatic carbocycles. The van der Waals surface area contributed by atoms with Crippen LogP contribution in [0.2, 0.25) is 0 Å². The Hall–Kier alpha value is -1.11. The van der Waals surface area contributed by atoms with Crippen LogP contribution in [0.4, 0.5) is 0 Å². The Morgan fingerprint density at radius 3 is 2.47 bits per heavy atom. The zero-order chi connectivity index (χ0) is 12.7. The van der Waals surface area contributed by atoms with E-state index in [0.29, 0.717) is 18.2 Å². The molecule has 0 aliphatic rings. The van der Waals surface area contributed by atoms with Crippen molar-refractivity contribution in [2.45, 2.75) is 26.6 Å². The van der Waals surface area contributed by atoms with Gasteiger partial charge in [0.25, 0.3) is 0 Å². The molecule has 0 aromatic carbocycles. The number of ketones is 2. The van der Waals surface area contributed by atoms with Gasteiger partial charge in [-0.15, -0.1) is 11.3 Å². The monoisotopic (exact) mass is 257 g/mol. The summed E-state index contributed by atoms with van der Waals surface area (Å²) in [6.45, 7) is 4.26. The smallest absolute Gasteiger partial charge is 0.218 e. The molecule has 0 saturated carbocycles. The molecule has 0 N–H and O–H groups in total. The van der Waals surface area contributed by atoms with Crippen molar-refractivity contribution in [2.24, 2.45) is 0 Å². The maximum atomic E-state index is 11.7. The van der Waals surface area contributed by atoms with Crippen molar-refractivity contribution in [3.05, 3.63) is 16.6 Å². The summed E-state index contributed by atoms with van der Waals surface area (Å²) in [6.07, 6.45) is 0.345. The maximum absolute atomic E-state index is 11.7. The molecule has 5 nitrogen and oxygen atoms in total. The topological polar surface area (TPSA) is 65.5 Å². The molecule has 1 heterocycles. The molecule has 1 aromatic rings. The van der Waals surface area contributed by atoms with Gasteiger partial charge < -0.3 is 9.47 Å². The van der Waals surface area contributed by atoms with Crippen molar-refractivity contribution in [1.82, 2.24) is 4.98 Å². The second-order valence-electron chi connectivity index (χ2n) is 3.15. The van der Waals surface area contributed by atoms with Crippen LogP contribution in [0.15, 0.2) is 11.6 Å². The molecule has 0 unspecified atom stereocenters. The highest BCUT2D eigenvalue weighted by molar-refractivity contribution is 7.11. The van der Waals surface area contributed by atoms with Crippen molar-refractivity contribution in [1.29, 1.82) is 0 Å². The van der Waals surface area contributed by atoms with Crippen molar-refractivity contribution < 1.29 is 19.1 Å². The summed E-state index contributed by atoms with van der Waals surface area (Å²) in [5, 5.41) is 2.03. The number of rotatable bonds is 8. The minimum Gasteiger partial charge on any atom is -0.346 e. The Labute approximate surface area is 104 Å². The molecule has 0 aliphatic heterocycles. The third-order valence-corrected chi connectivity index (χ3v) is 2.72. The van der Waals surface area contributed by atoms with Gasteiger partial charge in [0.1, 0.15) is 0 Å². The van der Waals surface area contributed by atoms with Crippen LogP contribution >= 0.6 is 11.3 Å². The minimum atomic E-state index is -0.950. The van der Waals surface area contributed by atoms with Gasteiger partial charge in [0, 0.05) is 24.8 Å². The number of nitrogens with zero attached hydrogens (tertiary/aromatic N) is 1. The van der Waals surface area contributed by atoms with Gasteiger partial charge in [0.05, 0.1) is 6.42 Å². The Balaban J connectivity index is 2.54. The minimum absolute atomic E-state index is 0.238. The summed E-state index contributed by atoms with van der Waals surface area (Å²) < 4.78 is 10.2. The first-order valence-electron chi connectivity index (χ1n) is 5.37. The first-order valence-corrected chi connectivity index (χ1v) is 6.25. The van der Waals surface area contributed by atoms with Crippen molar-refractivity contribution >= 4 is 22.9 Å². The van der Waals surface area contributed by atoms with Crippen LogP contribution in [0.25, 0.3) is 0 Å². The zero-order valence-electron chi connectivity index (χ0n) is 9.84. The second kappa shape index (κ2) is 7.26. The number of hydrogen-bond donors (Lipinski definition) is 0. The van der Waals surface area contributed by atoms with Crippen LogP contribution in [0.3, 0.4) is 0 Å². The molecule has 1 rings (SSSR count). The van der Waals surface area contributed by atoms with Crippen LogP contribution in [0, 0.1) is 0 Å². The van der Waals surface area contributed by atoms with Crippen molar-refractivity contribution in [3.8, 4) is 0 Å². The van der Waals surface area contributed by atoms with E-state index in [1.807, 2.05) is 0 Å². The lowest BCUT2D eigenvalue weighted by Crippen LogP contribution is -2.29. The summed E-state index contributed by atoms with van der Waals surface area (Å²) in [6, 6.07) is 0. The second-order valence-corrected chi connectivity index (χ2v) is 4.04. The van der Waals surface area contributed by atoms with Gasteiger partial charge in [-0.3, -0.25) is 9.59 Å². The molecular weight excluding hydrogens is 242 g/mol. The molecule has 0 atom stereocenters. The number of hydrogen-bond acceptors (Lipinski definition) is 6. The molecule has 17 heavy (non-hydrogen) atoms. The Bertz CT molecular complexity index is 358. The normalized spacial score (nSPS) is 10.8. The Morgan fingerprint density at radius 2 is 2.00 bits per heavy atom. The zero-order valence-corrected chi connectivity index (χ0v) is 10.7. The number of ether oxygens (including phenoxy) is 2. The molecule has 0 fully saturated rings. The van der Waals surface area contributed by atoms with Crippen molar-refractivity contribution in [3.63, 3.8) is 0 Å². The lowest BCUT2D eigenvalue weighted by molar-refractivity contribution is -0.166.